The van der Waals surface area contributed by atoms with Gasteiger partial charge in [-0.2, -0.15) is 0 Å². The van der Waals surface area contributed by atoms with Gasteiger partial charge < -0.3 is 18.9 Å². The number of ether oxygens (including phenoxy) is 4. The molecule has 32 heavy (non-hydrogen) atoms. The molecule has 1 aromatic heterocycles. The molecular weight excluding hydrogens is 424 g/mol. The number of H-pyrrole nitrogens is 1. The summed E-state index contributed by atoms with van der Waals surface area (Å²) < 4.78 is 23.2. The summed E-state index contributed by atoms with van der Waals surface area (Å²) in [7, 11) is 0. The van der Waals surface area contributed by atoms with Crippen LogP contribution in [-0.4, -0.2) is 51.9 Å². The molecule has 0 saturated carbocycles. The number of hydrogen-bond acceptors (Lipinski definition) is 9. The summed E-state index contributed by atoms with van der Waals surface area (Å²) in [5, 5.41) is 0. The summed E-state index contributed by atoms with van der Waals surface area (Å²) in [5.41, 5.74) is -4.12. The van der Waals surface area contributed by atoms with Crippen molar-refractivity contribution in [3.8, 4) is 12.3 Å². The Balaban J connectivity index is 2.61. The summed E-state index contributed by atoms with van der Waals surface area (Å²) in [5.74, 6) is 0.282. The lowest BCUT2D eigenvalue weighted by Crippen LogP contribution is -2.54. The van der Waals surface area contributed by atoms with Crippen molar-refractivity contribution in [1.82, 2.24) is 9.55 Å². The van der Waals surface area contributed by atoms with Crippen molar-refractivity contribution >= 4 is 17.9 Å². The molecule has 11 nitrogen and oxygen atoms in total. The normalized spacial score (nSPS) is 24.9. The van der Waals surface area contributed by atoms with E-state index in [-0.39, 0.29) is 6.42 Å². The van der Waals surface area contributed by atoms with Gasteiger partial charge in [0.05, 0.1) is 11.8 Å². The summed E-state index contributed by atoms with van der Waals surface area (Å²) in [4.78, 5) is 62.2. The van der Waals surface area contributed by atoms with E-state index in [9.17, 15) is 24.0 Å². The van der Waals surface area contributed by atoms with E-state index in [1.54, 1.807) is 20.8 Å². The van der Waals surface area contributed by atoms with Gasteiger partial charge in [0, 0.05) is 26.1 Å². The Morgan fingerprint density at radius 2 is 1.91 bits per heavy atom. The topological polar surface area (TPSA) is 143 Å². The highest BCUT2D eigenvalue weighted by Crippen LogP contribution is 2.44. The molecule has 4 atom stereocenters. The Labute approximate surface area is 184 Å². The van der Waals surface area contributed by atoms with Crippen LogP contribution < -0.4 is 11.2 Å². The van der Waals surface area contributed by atoms with Gasteiger partial charge in [-0.3, -0.25) is 28.7 Å². The van der Waals surface area contributed by atoms with Crippen molar-refractivity contribution in [3.05, 3.63) is 33.1 Å². The lowest BCUT2D eigenvalue weighted by molar-refractivity contribution is -0.187. The van der Waals surface area contributed by atoms with E-state index >= 15 is 0 Å². The first-order valence-electron chi connectivity index (χ1n) is 9.76. The van der Waals surface area contributed by atoms with Crippen molar-refractivity contribution in [3.63, 3.8) is 0 Å². The van der Waals surface area contributed by atoms with Crippen LogP contribution in [0.1, 0.15) is 47.3 Å². The van der Waals surface area contributed by atoms with Crippen LogP contribution in [0.25, 0.3) is 0 Å². The molecule has 1 fully saturated rings. The van der Waals surface area contributed by atoms with Crippen LogP contribution >= 0.6 is 0 Å². The highest BCUT2D eigenvalue weighted by Gasteiger charge is 2.62. The molecule has 1 N–H and O–H groups in total. The maximum atomic E-state index is 12.4. The minimum atomic E-state index is -1.77. The van der Waals surface area contributed by atoms with E-state index in [4.69, 9.17) is 25.4 Å². The molecule has 1 aromatic rings. The fourth-order valence-electron chi connectivity index (χ4n) is 3.30. The summed E-state index contributed by atoms with van der Waals surface area (Å²) in [6, 6.07) is 1.07. The Morgan fingerprint density at radius 3 is 2.41 bits per heavy atom. The van der Waals surface area contributed by atoms with Crippen molar-refractivity contribution in [1.29, 1.82) is 0 Å². The first-order chi connectivity index (χ1) is 14.8. The molecule has 1 saturated heterocycles. The number of nitrogens with one attached hydrogen (secondary N) is 1. The average Bonchev–Trinajstić information content (AvgIpc) is 2.91. The summed E-state index contributed by atoms with van der Waals surface area (Å²) in [6.45, 7) is 6.79. The molecule has 11 heteroatoms. The smallest absolute Gasteiger partial charge is 0.330 e. The fourth-order valence-corrected chi connectivity index (χ4v) is 3.30. The maximum absolute atomic E-state index is 12.4. The Bertz CT molecular complexity index is 1040. The van der Waals surface area contributed by atoms with E-state index in [2.05, 4.69) is 10.9 Å². The third-order valence-corrected chi connectivity index (χ3v) is 4.70. The van der Waals surface area contributed by atoms with Crippen LogP contribution in [0.5, 0.6) is 0 Å². The monoisotopic (exact) mass is 450 g/mol. The lowest BCUT2D eigenvalue weighted by atomic mass is 9.88. The number of rotatable bonds is 6. The summed E-state index contributed by atoms with van der Waals surface area (Å²) in [6.07, 6.45) is 2.46. The van der Waals surface area contributed by atoms with Gasteiger partial charge in [-0.15, -0.1) is 12.3 Å². The molecule has 2 heterocycles. The zero-order valence-corrected chi connectivity index (χ0v) is 18.5. The van der Waals surface area contributed by atoms with Crippen LogP contribution in [0.3, 0.4) is 0 Å². The van der Waals surface area contributed by atoms with E-state index in [1.807, 2.05) is 0 Å². The Kier molecular flexibility index (Phi) is 7.31. The Morgan fingerprint density at radius 1 is 1.25 bits per heavy atom. The molecule has 174 valence electrons. The van der Waals surface area contributed by atoms with Crippen LogP contribution in [0.15, 0.2) is 21.9 Å². The third kappa shape index (κ3) is 5.26. The van der Waals surface area contributed by atoms with Gasteiger partial charge in [0.2, 0.25) is 0 Å². The number of esters is 3. The molecule has 0 aromatic carbocycles. The van der Waals surface area contributed by atoms with Crippen molar-refractivity contribution < 1.29 is 33.3 Å². The SMILES string of the molecule is C#CC[C@@]1(OC(C)=O)[C@@H](COC(=O)C(C)(C)C)O[C@@H](n2ccc(=O)[nH]c2=O)[C@@H]1OC(C)=O. The number of aromatic amines is 1. The molecular formula is C21H26N2O9. The molecule has 0 spiro atoms. The maximum Gasteiger partial charge on any atom is 0.330 e. The molecule has 2 rings (SSSR count). The third-order valence-electron chi connectivity index (χ3n) is 4.70. The molecule has 1 aliphatic heterocycles. The number of carbonyl (C=O) groups is 3. The van der Waals surface area contributed by atoms with E-state index in [0.29, 0.717) is 0 Å². The quantitative estimate of drug-likeness (QED) is 0.367. The second-order valence-corrected chi connectivity index (χ2v) is 8.34. The van der Waals surface area contributed by atoms with E-state index < -0.39 is 65.2 Å². The van der Waals surface area contributed by atoms with Gasteiger partial charge >= 0.3 is 23.6 Å². The first kappa shape index (κ1) is 24.9. The summed E-state index contributed by atoms with van der Waals surface area (Å²) >= 11 is 0. The van der Waals surface area contributed by atoms with E-state index in [1.165, 1.54) is 0 Å². The first-order valence-corrected chi connectivity index (χ1v) is 9.76. The van der Waals surface area contributed by atoms with Crippen LogP contribution in [-0.2, 0) is 33.3 Å². The number of terminal acetylenes is 1. The second kappa shape index (κ2) is 9.40. The molecule has 1 aliphatic rings. The molecule has 0 bridgehead atoms. The lowest BCUT2D eigenvalue weighted by Gasteiger charge is -2.35. The highest BCUT2D eigenvalue weighted by atomic mass is 16.7. The predicted octanol–water partition coefficient (Wildman–Crippen LogP) is 0.280. The highest BCUT2D eigenvalue weighted by molar-refractivity contribution is 5.75. The number of hydrogen-bond donors (Lipinski definition) is 1. The molecule has 0 amide bonds. The van der Waals surface area contributed by atoms with Gasteiger partial charge in [-0.25, -0.2) is 4.79 Å². The minimum Gasteiger partial charge on any atom is -0.462 e. The fraction of sp³-hybridized carbons (Fsp3) is 0.571. The second-order valence-electron chi connectivity index (χ2n) is 8.34. The van der Waals surface area contributed by atoms with Crippen molar-refractivity contribution in [2.24, 2.45) is 5.41 Å². The van der Waals surface area contributed by atoms with Gasteiger partial charge in [-0.05, 0) is 20.8 Å². The predicted molar refractivity (Wildman–Crippen MR) is 109 cm³/mol. The average molecular weight is 450 g/mol. The molecule has 0 unspecified atom stereocenters. The number of aromatic nitrogens is 2. The standard InChI is InChI=1S/C21H26N2O9/c1-7-9-21(32-13(3)25)14(11-29-18(27)20(4,5)6)31-17(16(21)30-12(2)24)23-10-8-15(26)22-19(23)28/h1,8,10,14,16-17H,9,11H2,2-6H3,(H,22,26,28)/t14-,16+,17-,21-/m1/s1. The van der Waals surface area contributed by atoms with Crippen LogP contribution in [0.4, 0.5) is 0 Å². The van der Waals surface area contributed by atoms with Crippen LogP contribution in [0, 0.1) is 17.8 Å². The van der Waals surface area contributed by atoms with Crippen LogP contribution in [0.2, 0.25) is 0 Å². The zero-order valence-electron chi connectivity index (χ0n) is 18.5. The van der Waals surface area contributed by atoms with Gasteiger partial charge in [0.1, 0.15) is 12.7 Å². The molecule has 0 aliphatic carbocycles. The van der Waals surface area contributed by atoms with Gasteiger partial charge in [0.15, 0.2) is 17.9 Å². The number of nitrogens with zero attached hydrogens (tertiary/aromatic N) is 1. The van der Waals surface area contributed by atoms with Gasteiger partial charge in [0.25, 0.3) is 5.56 Å². The van der Waals surface area contributed by atoms with Crippen molar-refractivity contribution in [2.75, 3.05) is 6.61 Å². The van der Waals surface area contributed by atoms with Crippen molar-refractivity contribution in [2.45, 2.75) is 65.1 Å². The number of carbonyl (C=O) groups excluding carboxylic acids is 3. The molecule has 0 radical (unpaired) electrons. The van der Waals surface area contributed by atoms with E-state index in [0.717, 1.165) is 30.7 Å². The largest absolute Gasteiger partial charge is 0.462 e. The Hall–Kier alpha value is -3.39. The zero-order chi connectivity index (χ0) is 24.3. The van der Waals surface area contributed by atoms with Gasteiger partial charge in [-0.1, -0.05) is 0 Å². The minimum absolute atomic E-state index is 0.281.